The Morgan fingerprint density at radius 1 is 1.32 bits per heavy atom. The number of carbonyl (C=O) groups is 1. The highest BCUT2D eigenvalue weighted by Crippen LogP contribution is 2.18. The Kier molecular flexibility index (Phi) is 6.65. The molecule has 0 unspecified atom stereocenters. The molecule has 0 radical (unpaired) electrons. The van der Waals surface area contributed by atoms with Crippen molar-refractivity contribution in [2.24, 2.45) is 5.92 Å². The van der Waals surface area contributed by atoms with Gasteiger partial charge in [-0.2, -0.15) is 0 Å². The molecule has 1 N–H and O–H groups in total. The predicted octanol–water partition coefficient (Wildman–Crippen LogP) is 3.70. The maximum Gasteiger partial charge on any atom is 0.407 e. The minimum atomic E-state index is -0.497. The molecule has 0 aliphatic carbocycles. The number of aromatic nitrogens is 1. The summed E-state index contributed by atoms with van der Waals surface area (Å²) in [6.07, 6.45) is 3.35. The summed E-state index contributed by atoms with van der Waals surface area (Å²) in [6.45, 7) is 10.3. The largest absolute Gasteiger partial charge is 0.481 e. The number of amides is 1. The SMILES string of the molecule is COc1cc(CCC(C)C)c(CNC(=O)OC(C)(C)C)cn1. The molecule has 0 spiro atoms. The zero-order chi connectivity index (χ0) is 16.8. The highest BCUT2D eigenvalue weighted by Gasteiger charge is 2.16. The van der Waals surface area contributed by atoms with Gasteiger partial charge in [0.2, 0.25) is 5.88 Å². The third kappa shape index (κ3) is 6.78. The Labute approximate surface area is 133 Å². The minimum absolute atomic E-state index is 0.402. The van der Waals surface area contributed by atoms with Crippen LogP contribution in [0.1, 0.15) is 52.2 Å². The lowest BCUT2D eigenvalue weighted by Gasteiger charge is -2.20. The number of hydrogen-bond donors (Lipinski definition) is 1. The summed E-state index contributed by atoms with van der Waals surface area (Å²) in [6, 6.07) is 1.94. The van der Waals surface area contributed by atoms with Gasteiger partial charge >= 0.3 is 6.09 Å². The Morgan fingerprint density at radius 2 is 2.00 bits per heavy atom. The van der Waals surface area contributed by atoms with Gasteiger partial charge in [0.25, 0.3) is 0 Å². The lowest BCUT2D eigenvalue weighted by atomic mass is 10.00. The second-order valence-electron chi connectivity index (χ2n) is 6.78. The Balaban J connectivity index is 2.73. The summed E-state index contributed by atoms with van der Waals surface area (Å²) >= 11 is 0. The van der Waals surface area contributed by atoms with Crippen molar-refractivity contribution in [1.82, 2.24) is 10.3 Å². The van der Waals surface area contributed by atoms with Crippen LogP contribution in [0.3, 0.4) is 0 Å². The number of alkyl carbamates (subject to hydrolysis) is 1. The first-order valence-electron chi connectivity index (χ1n) is 7.70. The van der Waals surface area contributed by atoms with E-state index in [0.717, 1.165) is 24.0 Å². The first-order chi connectivity index (χ1) is 10.2. The van der Waals surface area contributed by atoms with Crippen LogP contribution in [-0.2, 0) is 17.7 Å². The highest BCUT2D eigenvalue weighted by atomic mass is 16.6. The van der Waals surface area contributed by atoms with Gasteiger partial charge in [0.15, 0.2) is 0 Å². The van der Waals surface area contributed by atoms with Crippen LogP contribution >= 0.6 is 0 Å². The molecule has 0 bridgehead atoms. The smallest absolute Gasteiger partial charge is 0.407 e. The van der Waals surface area contributed by atoms with Gasteiger partial charge in [0, 0.05) is 18.8 Å². The molecule has 5 nitrogen and oxygen atoms in total. The van der Waals surface area contributed by atoms with Gasteiger partial charge in [-0.15, -0.1) is 0 Å². The van der Waals surface area contributed by atoms with E-state index in [1.807, 2.05) is 26.8 Å². The zero-order valence-corrected chi connectivity index (χ0v) is 14.5. The molecule has 22 heavy (non-hydrogen) atoms. The number of nitrogens with zero attached hydrogens (tertiary/aromatic N) is 1. The zero-order valence-electron chi connectivity index (χ0n) is 14.5. The summed E-state index contributed by atoms with van der Waals surface area (Å²) in [7, 11) is 1.60. The van der Waals surface area contributed by atoms with E-state index in [-0.39, 0.29) is 0 Å². The van der Waals surface area contributed by atoms with E-state index in [1.165, 1.54) is 0 Å². The number of hydrogen-bond acceptors (Lipinski definition) is 4. The molecule has 0 atom stereocenters. The third-order valence-electron chi connectivity index (χ3n) is 3.08. The fraction of sp³-hybridized carbons (Fsp3) is 0.647. The number of methoxy groups -OCH3 is 1. The van der Waals surface area contributed by atoms with E-state index in [2.05, 4.69) is 24.1 Å². The van der Waals surface area contributed by atoms with Crippen molar-refractivity contribution in [3.8, 4) is 5.88 Å². The lowest BCUT2D eigenvalue weighted by molar-refractivity contribution is 0.0523. The molecular formula is C17H28N2O3. The van der Waals surface area contributed by atoms with E-state index in [1.54, 1.807) is 13.3 Å². The summed E-state index contributed by atoms with van der Waals surface area (Å²) in [5.74, 6) is 1.21. The summed E-state index contributed by atoms with van der Waals surface area (Å²) < 4.78 is 10.4. The number of ether oxygens (including phenoxy) is 2. The van der Waals surface area contributed by atoms with Gasteiger partial charge in [-0.3, -0.25) is 0 Å². The standard InChI is InChI=1S/C17H28N2O3/c1-12(2)7-8-13-9-15(21-6)18-10-14(13)11-19-16(20)22-17(3,4)5/h9-10,12H,7-8,11H2,1-6H3,(H,19,20). The van der Waals surface area contributed by atoms with Crippen LogP contribution in [0.25, 0.3) is 0 Å². The van der Waals surface area contributed by atoms with Crippen molar-refractivity contribution in [1.29, 1.82) is 0 Å². The van der Waals surface area contributed by atoms with Gasteiger partial charge in [-0.25, -0.2) is 9.78 Å². The van der Waals surface area contributed by atoms with Crippen LogP contribution in [0.5, 0.6) is 5.88 Å². The van der Waals surface area contributed by atoms with E-state index in [4.69, 9.17) is 9.47 Å². The van der Waals surface area contributed by atoms with Crippen LogP contribution in [0.4, 0.5) is 4.79 Å². The van der Waals surface area contributed by atoms with Crippen LogP contribution in [0, 0.1) is 5.92 Å². The number of nitrogens with one attached hydrogen (secondary N) is 1. The van der Waals surface area contributed by atoms with Crippen molar-refractivity contribution in [3.05, 3.63) is 23.4 Å². The Hall–Kier alpha value is -1.78. The number of pyridine rings is 1. The molecule has 124 valence electrons. The maximum absolute atomic E-state index is 11.8. The molecule has 1 heterocycles. The second kappa shape index (κ2) is 8.01. The number of carbonyl (C=O) groups excluding carboxylic acids is 1. The predicted molar refractivity (Wildman–Crippen MR) is 87.0 cm³/mol. The average Bonchev–Trinajstić information content (AvgIpc) is 2.41. The summed E-state index contributed by atoms with van der Waals surface area (Å²) in [5, 5.41) is 2.78. The molecule has 1 rings (SSSR count). The Morgan fingerprint density at radius 3 is 2.55 bits per heavy atom. The van der Waals surface area contributed by atoms with Crippen LogP contribution in [0.2, 0.25) is 0 Å². The number of rotatable bonds is 6. The normalized spacial score (nSPS) is 11.4. The second-order valence-corrected chi connectivity index (χ2v) is 6.78. The highest BCUT2D eigenvalue weighted by molar-refractivity contribution is 5.67. The molecular weight excluding hydrogens is 280 g/mol. The van der Waals surface area contributed by atoms with Crippen molar-refractivity contribution in [2.75, 3.05) is 7.11 Å². The van der Waals surface area contributed by atoms with Gasteiger partial charge in [-0.1, -0.05) is 13.8 Å². The van der Waals surface area contributed by atoms with E-state index < -0.39 is 11.7 Å². The van der Waals surface area contributed by atoms with E-state index >= 15 is 0 Å². The average molecular weight is 308 g/mol. The molecule has 0 saturated carbocycles. The van der Waals surface area contributed by atoms with Gasteiger partial charge in [-0.05, 0) is 50.7 Å². The molecule has 0 aliphatic rings. The molecule has 0 fully saturated rings. The van der Waals surface area contributed by atoms with Gasteiger partial charge < -0.3 is 14.8 Å². The van der Waals surface area contributed by atoms with Gasteiger partial charge in [0.1, 0.15) is 5.60 Å². The fourth-order valence-electron chi connectivity index (χ4n) is 1.93. The molecule has 0 aromatic carbocycles. The molecule has 0 aliphatic heterocycles. The van der Waals surface area contributed by atoms with E-state index in [9.17, 15) is 4.79 Å². The molecule has 1 aromatic heterocycles. The summed E-state index contributed by atoms with van der Waals surface area (Å²) in [5.41, 5.74) is 1.65. The molecule has 0 saturated heterocycles. The van der Waals surface area contributed by atoms with E-state index in [0.29, 0.717) is 18.3 Å². The maximum atomic E-state index is 11.8. The van der Waals surface area contributed by atoms with Crippen molar-refractivity contribution >= 4 is 6.09 Å². The first kappa shape index (κ1) is 18.3. The van der Waals surface area contributed by atoms with Crippen LogP contribution in [-0.4, -0.2) is 23.8 Å². The monoisotopic (exact) mass is 308 g/mol. The molecule has 5 heteroatoms. The summed E-state index contributed by atoms with van der Waals surface area (Å²) in [4.78, 5) is 16.0. The number of aryl methyl sites for hydroxylation is 1. The van der Waals surface area contributed by atoms with Crippen molar-refractivity contribution < 1.29 is 14.3 Å². The minimum Gasteiger partial charge on any atom is -0.481 e. The third-order valence-corrected chi connectivity index (χ3v) is 3.08. The van der Waals surface area contributed by atoms with Crippen LogP contribution in [0.15, 0.2) is 12.3 Å². The molecule has 1 aromatic rings. The topological polar surface area (TPSA) is 60.5 Å². The lowest BCUT2D eigenvalue weighted by Crippen LogP contribution is -2.32. The Bertz CT molecular complexity index is 493. The van der Waals surface area contributed by atoms with Crippen LogP contribution < -0.4 is 10.1 Å². The molecule has 1 amide bonds. The fourth-order valence-corrected chi connectivity index (χ4v) is 1.93. The van der Waals surface area contributed by atoms with Crippen molar-refractivity contribution in [2.45, 2.75) is 59.6 Å². The quantitative estimate of drug-likeness (QED) is 0.870. The van der Waals surface area contributed by atoms with Crippen molar-refractivity contribution in [3.63, 3.8) is 0 Å². The van der Waals surface area contributed by atoms with Gasteiger partial charge in [0.05, 0.1) is 7.11 Å². The first-order valence-corrected chi connectivity index (χ1v) is 7.70.